The Hall–Kier alpha value is -2.12. The van der Waals surface area contributed by atoms with Crippen LogP contribution in [0.2, 0.25) is 6.55 Å². The molecule has 110 valence electrons. The molecule has 0 atom stereocenters. The fourth-order valence-corrected chi connectivity index (χ4v) is 7.35. The van der Waals surface area contributed by atoms with Crippen molar-refractivity contribution in [3.8, 4) is 0 Å². The van der Waals surface area contributed by atoms with Crippen LogP contribution in [0.5, 0.6) is 0 Å². The van der Waals surface area contributed by atoms with Crippen LogP contribution in [0.4, 0.5) is 0 Å². The smallest absolute Gasteiger partial charge is 0.0624 e. The van der Waals surface area contributed by atoms with Gasteiger partial charge in [0.1, 0.15) is 8.07 Å². The summed E-state index contributed by atoms with van der Waals surface area (Å²) < 4.78 is 0. The van der Waals surface area contributed by atoms with E-state index in [2.05, 4.69) is 99.3 Å². The van der Waals surface area contributed by atoms with E-state index in [-0.39, 0.29) is 0 Å². The lowest BCUT2D eigenvalue weighted by Gasteiger charge is -2.31. The summed E-state index contributed by atoms with van der Waals surface area (Å²) >= 11 is 0. The van der Waals surface area contributed by atoms with Crippen molar-refractivity contribution in [1.29, 1.82) is 0 Å². The number of hydrogen-bond acceptors (Lipinski definition) is 0. The lowest BCUT2D eigenvalue weighted by Crippen LogP contribution is -2.65. The van der Waals surface area contributed by atoms with Crippen molar-refractivity contribution in [3.05, 3.63) is 90.0 Å². The van der Waals surface area contributed by atoms with Gasteiger partial charge in [0.15, 0.2) is 0 Å². The Morgan fingerprint density at radius 1 is 0.636 bits per heavy atom. The molecule has 0 spiro atoms. The standard InChI is InChI=1S/C21H22Si/c1-17-14-15-21(18(2)16-17)22(3,19-10-6-4-7-11-19)20-12-8-5-9-13-20/h4-16H,1-3H3. The zero-order valence-electron chi connectivity index (χ0n) is 13.5. The van der Waals surface area contributed by atoms with Crippen molar-refractivity contribution in [2.24, 2.45) is 0 Å². The molecular weight excluding hydrogens is 280 g/mol. The molecule has 0 heterocycles. The summed E-state index contributed by atoms with van der Waals surface area (Å²) in [5.74, 6) is 0. The van der Waals surface area contributed by atoms with Crippen molar-refractivity contribution in [2.75, 3.05) is 0 Å². The molecule has 0 fully saturated rings. The van der Waals surface area contributed by atoms with Gasteiger partial charge in [-0.05, 0) is 29.4 Å². The van der Waals surface area contributed by atoms with Gasteiger partial charge in [-0.25, -0.2) is 0 Å². The molecule has 0 saturated carbocycles. The summed E-state index contributed by atoms with van der Waals surface area (Å²) in [6.07, 6.45) is 0. The third kappa shape index (κ3) is 2.53. The van der Waals surface area contributed by atoms with Crippen LogP contribution in [0.1, 0.15) is 11.1 Å². The molecule has 1 heteroatoms. The lowest BCUT2D eigenvalue weighted by atomic mass is 10.2. The first-order chi connectivity index (χ1) is 10.6. The average molecular weight is 302 g/mol. The SMILES string of the molecule is Cc1ccc([Si](C)(c2ccccc2)c2ccccc2)c(C)c1. The molecule has 3 aromatic carbocycles. The molecule has 3 rings (SSSR count). The topological polar surface area (TPSA) is 0 Å². The highest BCUT2D eigenvalue weighted by atomic mass is 28.3. The molecule has 0 saturated heterocycles. The Kier molecular flexibility index (Phi) is 3.99. The predicted molar refractivity (Wildman–Crippen MR) is 99.3 cm³/mol. The fraction of sp³-hybridized carbons (Fsp3) is 0.143. The molecule has 3 aromatic rings. The number of rotatable bonds is 3. The number of hydrogen-bond donors (Lipinski definition) is 0. The molecule has 0 N–H and O–H groups in total. The third-order valence-electron chi connectivity index (χ3n) is 4.62. The van der Waals surface area contributed by atoms with E-state index in [1.807, 2.05) is 0 Å². The molecule has 22 heavy (non-hydrogen) atoms. The first-order valence-corrected chi connectivity index (χ1v) is 10.3. The molecule has 0 bridgehead atoms. The zero-order chi connectivity index (χ0) is 15.6. The maximum Gasteiger partial charge on any atom is 0.145 e. The second-order valence-corrected chi connectivity index (χ2v) is 10.1. The van der Waals surface area contributed by atoms with E-state index in [9.17, 15) is 0 Å². The van der Waals surface area contributed by atoms with Crippen LogP contribution < -0.4 is 15.6 Å². The molecule has 0 aliphatic heterocycles. The van der Waals surface area contributed by atoms with Gasteiger partial charge in [-0.15, -0.1) is 0 Å². The first kappa shape index (κ1) is 14.8. The van der Waals surface area contributed by atoms with Crippen LogP contribution in [0.3, 0.4) is 0 Å². The first-order valence-electron chi connectivity index (χ1n) is 7.81. The van der Waals surface area contributed by atoms with E-state index >= 15 is 0 Å². The summed E-state index contributed by atoms with van der Waals surface area (Å²) in [6, 6.07) is 28.9. The highest BCUT2D eigenvalue weighted by Crippen LogP contribution is 2.11. The molecular formula is C21H22Si. The van der Waals surface area contributed by atoms with Gasteiger partial charge in [-0.3, -0.25) is 0 Å². The molecule has 0 aliphatic rings. The minimum atomic E-state index is -1.95. The Morgan fingerprint density at radius 3 is 1.59 bits per heavy atom. The fourth-order valence-electron chi connectivity index (χ4n) is 3.40. The Bertz CT molecular complexity index is 721. The van der Waals surface area contributed by atoms with Gasteiger partial charge in [0.05, 0.1) is 0 Å². The van der Waals surface area contributed by atoms with Crippen LogP contribution in [0, 0.1) is 13.8 Å². The van der Waals surface area contributed by atoms with Crippen LogP contribution in [-0.2, 0) is 0 Å². The van der Waals surface area contributed by atoms with Gasteiger partial charge in [-0.2, -0.15) is 0 Å². The van der Waals surface area contributed by atoms with E-state index in [4.69, 9.17) is 0 Å². The molecule has 0 aromatic heterocycles. The third-order valence-corrected chi connectivity index (χ3v) is 9.24. The molecule has 0 unspecified atom stereocenters. The summed E-state index contributed by atoms with van der Waals surface area (Å²) in [5.41, 5.74) is 2.74. The highest BCUT2D eigenvalue weighted by molar-refractivity contribution is 7.10. The van der Waals surface area contributed by atoms with Crippen molar-refractivity contribution in [2.45, 2.75) is 20.4 Å². The van der Waals surface area contributed by atoms with E-state index in [1.54, 1.807) is 0 Å². The molecule has 0 amide bonds. The number of benzene rings is 3. The maximum atomic E-state index is 2.47. The van der Waals surface area contributed by atoms with Gasteiger partial charge in [0.25, 0.3) is 0 Å². The quantitative estimate of drug-likeness (QED) is 0.514. The second-order valence-electron chi connectivity index (χ2n) is 6.18. The van der Waals surface area contributed by atoms with Crippen molar-refractivity contribution in [1.82, 2.24) is 0 Å². The van der Waals surface area contributed by atoms with Crippen LogP contribution in [0.25, 0.3) is 0 Å². The van der Waals surface area contributed by atoms with Crippen molar-refractivity contribution in [3.63, 3.8) is 0 Å². The lowest BCUT2D eigenvalue weighted by molar-refractivity contribution is 1.40. The summed E-state index contributed by atoms with van der Waals surface area (Å²) in [6.45, 7) is 6.88. The molecule has 0 nitrogen and oxygen atoms in total. The van der Waals surface area contributed by atoms with E-state index in [1.165, 1.54) is 26.7 Å². The van der Waals surface area contributed by atoms with Crippen LogP contribution in [-0.4, -0.2) is 8.07 Å². The normalized spacial score (nSPS) is 11.4. The van der Waals surface area contributed by atoms with Gasteiger partial charge >= 0.3 is 0 Å². The Labute approximate surface area is 134 Å². The minimum Gasteiger partial charge on any atom is -0.0624 e. The van der Waals surface area contributed by atoms with Crippen molar-refractivity contribution < 1.29 is 0 Å². The van der Waals surface area contributed by atoms with Gasteiger partial charge in [-0.1, -0.05) is 96.5 Å². The Balaban J connectivity index is 2.28. The molecule has 0 radical (unpaired) electrons. The summed E-state index contributed by atoms with van der Waals surface area (Å²) in [7, 11) is -1.95. The van der Waals surface area contributed by atoms with Crippen LogP contribution in [0.15, 0.2) is 78.9 Å². The Morgan fingerprint density at radius 2 is 1.14 bits per heavy atom. The van der Waals surface area contributed by atoms with Crippen LogP contribution >= 0.6 is 0 Å². The highest BCUT2D eigenvalue weighted by Gasteiger charge is 2.34. The van der Waals surface area contributed by atoms with E-state index in [0.29, 0.717) is 0 Å². The monoisotopic (exact) mass is 302 g/mol. The molecule has 0 aliphatic carbocycles. The van der Waals surface area contributed by atoms with E-state index in [0.717, 1.165) is 0 Å². The zero-order valence-corrected chi connectivity index (χ0v) is 14.5. The second kappa shape index (κ2) is 5.94. The predicted octanol–water partition coefficient (Wildman–Crippen LogP) is 3.40. The summed E-state index contributed by atoms with van der Waals surface area (Å²) in [4.78, 5) is 0. The average Bonchev–Trinajstić information content (AvgIpc) is 2.56. The van der Waals surface area contributed by atoms with Gasteiger partial charge in [0, 0.05) is 0 Å². The van der Waals surface area contributed by atoms with E-state index < -0.39 is 8.07 Å². The summed E-state index contributed by atoms with van der Waals surface area (Å²) in [5, 5.41) is 4.44. The maximum absolute atomic E-state index is 2.47. The largest absolute Gasteiger partial charge is 0.145 e. The number of aryl methyl sites for hydroxylation is 2. The minimum absolute atomic E-state index is 1.33. The van der Waals surface area contributed by atoms with Crippen molar-refractivity contribution >= 4 is 23.6 Å². The van der Waals surface area contributed by atoms with Gasteiger partial charge in [0.2, 0.25) is 0 Å². The van der Waals surface area contributed by atoms with Gasteiger partial charge < -0.3 is 0 Å².